The van der Waals surface area contributed by atoms with E-state index in [1.807, 2.05) is 12.1 Å². The molecule has 0 spiro atoms. The highest BCUT2D eigenvalue weighted by Crippen LogP contribution is 2.38. The summed E-state index contributed by atoms with van der Waals surface area (Å²) >= 11 is 0. The second kappa shape index (κ2) is 5.40. The van der Waals surface area contributed by atoms with Gasteiger partial charge in [-0.25, -0.2) is 0 Å². The molecular weight excluding hydrogens is 254 g/mol. The Kier molecular flexibility index (Phi) is 3.61. The minimum absolute atomic E-state index is 0.596. The van der Waals surface area contributed by atoms with Crippen LogP contribution in [-0.2, 0) is 0 Å². The van der Waals surface area contributed by atoms with Crippen LogP contribution in [0.2, 0.25) is 0 Å². The summed E-state index contributed by atoms with van der Waals surface area (Å²) in [5.74, 6) is 1.57. The Balaban J connectivity index is 1.77. The highest BCUT2D eigenvalue weighted by Gasteiger charge is 2.22. The maximum absolute atomic E-state index is 6.18. The molecule has 2 N–H and O–H groups in total. The predicted octanol–water partition coefficient (Wildman–Crippen LogP) is 1.57. The quantitative estimate of drug-likeness (QED) is 0.832. The maximum atomic E-state index is 6.18. The maximum Gasteiger partial charge on any atom is 0.163 e. The summed E-state index contributed by atoms with van der Waals surface area (Å²) in [4.78, 5) is 4.83. The van der Waals surface area contributed by atoms with Crippen LogP contribution < -0.4 is 20.1 Å². The molecule has 3 rings (SSSR count). The summed E-state index contributed by atoms with van der Waals surface area (Å²) in [6.45, 7) is 9.85. The first-order chi connectivity index (χ1) is 9.65. The average molecular weight is 277 g/mol. The van der Waals surface area contributed by atoms with E-state index in [1.165, 1.54) is 0 Å². The van der Waals surface area contributed by atoms with Crippen LogP contribution >= 0.6 is 0 Å². The third kappa shape index (κ3) is 2.50. The topological polar surface area (TPSA) is 51.0 Å². The molecule has 0 aliphatic carbocycles. The van der Waals surface area contributed by atoms with Crippen LogP contribution in [0.25, 0.3) is 0 Å². The number of nitrogens with zero attached hydrogens (tertiary/aromatic N) is 2. The highest BCUT2D eigenvalue weighted by atomic mass is 16.6. The summed E-state index contributed by atoms with van der Waals surface area (Å²) in [5.41, 5.74) is 8.02. The van der Waals surface area contributed by atoms with Crippen molar-refractivity contribution < 1.29 is 9.47 Å². The number of fused-ring (bicyclic) bond motifs is 1. The molecule has 0 unspecified atom stereocenters. The summed E-state index contributed by atoms with van der Waals surface area (Å²) in [7, 11) is 0. The van der Waals surface area contributed by atoms with Crippen LogP contribution in [0.5, 0.6) is 11.5 Å². The molecule has 110 valence electrons. The van der Waals surface area contributed by atoms with Gasteiger partial charge in [0.1, 0.15) is 13.2 Å². The Morgan fingerprint density at radius 1 is 1.00 bits per heavy atom. The second-order valence-electron chi connectivity index (χ2n) is 5.67. The lowest BCUT2D eigenvalue weighted by molar-refractivity contribution is 0.171. The van der Waals surface area contributed by atoms with Gasteiger partial charge in [0, 0.05) is 44.4 Å². The van der Waals surface area contributed by atoms with Gasteiger partial charge in [0.05, 0.1) is 11.4 Å². The largest absolute Gasteiger partial charge is 0.486 e. The zero-order valence-electron chi connectivity index (χ0n) is 12.3. The van der Waals surface area contributed by atoms with Gasteiger partial charge >= 0.3 is 0 Å². The van der Waals surface area contributed by atoms with E-state index in [4.69, 9.17) is 15.2 Å². The van der Waals surface area contributed by atoms with Crippen molar-refractivity contribution in [2.45, 2.75) is 19.9 Å². The molecule has 1 fully saturated rings. The van der Waals surface area contributed by atoms with Crippen LogP contribution in [0, 0.1) is 0 Å². The van der Waals surface area contributed by atoms with E-state index in [2.05, 4.69) is 23.6 Å². The number of rotatable bonds is 2. The molecule has 0 atom stereocenters. The standard InChI is InChI=1S/C15H23N3O2/c1-11(2)17-3-5-18(6-4-17)13-10-15-14(9-12(13)16)19-7-8-20-15/h9-11H,3-8,16H2,1-2H3. The van der Waals surface area contributed by atoms with Crippen LogP contribution in [0.1, 0.15) is 13.8 Å². The van der Waals surface area contributed by atoms with Crippen molar-refractivity contribution in [1.82, 2.24) is 4.90 Å². The lowest BCUT2D eigenvalue weighted by Crippen LogP contribution is -2.49. The summed E-state index contributed by atoms with van der Waals surface area (Å²) in [6, 6.07) is 4.52. The Bertz CT molecular complexity index is 482. The number of hydrogen-bond donors (Lipinski definition) is 1. The van der Waals surface area contributed by atoms with E-state index in [0.717, 1.165) is 49.1 Å². The van der Waals surface area contributed by atoms with E-state index in [9.17, 15) is 0 Å². The number of piperazine rings is 1. The van der Waals surface area contributed by atoms with E-state index in [-0.39, 0.29) is 0 Å². The van der Waals surface area contributed by atoms with Crippen molar-refractivity contribution in [3.63, 3.8) is 0 Å². The molecule has 0 saturated carbocycles. The molecule has 0 aromatic heterocycles. The van der Waals surface area contributed by atoms with Crippen molar-refractivity contribution in [3.05, 3.63) is 12.1 Å². The van der Waals surface area contributed by atoms with E-state index in [1.54, 1.807) is 0 Å². The summed E-state index contributed by atoms with van der Waals surface area (Å²) in [5, 5.41) is 0. The minimum Gasteiger partial charge on any atom is -0.486 e. The molecule has 2 aliphatic rings. The van der Waals surface area contributed by atoms with Gasteiger partial charge in [-0.05, 0) is 13.8 Å². The first kappa shape index (κ1) is 13.4. The molecule has 5 nitrogen and oxygen atoms in total. The minimum atomic E-state index is 0.596. The summed E-state index contributed by atoms with van der Waals surface area (Å²) in [6.07, 6.45) is 0. The van der Waals surface area contributed by atoms with Crippen molar-refractivity contribution in [2.24, 2.45) is 0 Å². The summed E-state index contributed by atoms with van der Waals surface area (Å²) < 4.78 is 11.2. The Morgan fingerprint density at radius 2 is 1.60 bits per heavy atom. The average Bonchev–Trinajstić information content (AvgIpc) is 2.46. The smallest absolute Gasteiger partial charge is 0.163 e. The zero-order chi connectivity index (χ0) is 14.1. The monoisotopic (exact) mass is 277 g/mol. The first-order valence-electron chi connectivity index (χ1n) is 7.33. The number of ether oxygens (including phenoxy) is 2. The van der Waals surface area contributed by atoms with E-state index >= 15 is 0 Å². The molecule has 1 aromatic carbocycles. The molecular formula is C15H23N3O2. The Labute approximate surface area is 120 Å². The SMILES string of the molecule is CC(C)N1CCN(c2cc3c(cc2N)OCCO3)CC1. The van der Waals surface area contributed by atoms with Crippen molar-refractivity contribution in [2.75, 3.05) is 50.0 Å². The molecule has 0 amide bonds. The van der Waals surface area contributed by atoms with Crippen molar-refractivity contribution in [3.8, 4) is 11.5 Å². The third-order valence-corrected chi connectivity index (χ3v) is 4.08. The molecule has 1 aromatic rings. The van der Waals surface area contributed by atoms with Crippen LogP contribution in [-0.4, -0.2) is 50.3 Å². The fraction of sp³-hybridized carbons (Fsp3) is 0.600. The first-order valence-corrected chi connectivity index (χ1v) is 7.33. The number of benzene rings is 1. The fourth-order valence-electron chi connectivity index (χ4n) is 2.85. The Hall–Kier alpha value is -1.62. The highest BCUT2D eigenvalue weighted by molar-refractivity contribution is 5.73. The lowest BCUT2D eigenvalue weighted by Gasteiger charge is -2.38. The number of anilines is 2. The number of nitrogens with two attached hydrogens (primary N) is 1. The molecule has 2 heterocycles. The molecule has 5 heteroatoms. The van der Waals surface area contributed by atoms with Gasteiger partial charge in [0.25, 0.3) is 0 Å². The predicted molar refractivity (Wildman–Crippen MR) is 80.8 cm³/mol. The lowest BCUT2D eigenvalue weighted by atomic mass is 10.1. The van der Waals surface area contributed by atoms with E-state index < -0.39 is 0 Å². The van der Waals surface area contributed by atoms with Crippen LogP contribution in [0.15, 0.2) is 12.1 Å². The van der Waals surface area contributed by atoms with Crippen molar-refractivity contribution >= 4 is 11.4 Å². The third-order valence-electron chi connectivity index (χ3n) is 4.08. The van der Waals surface area contributed by atoms with Crippen LogP contribution in [0.4, 0.5) is 11.4 Å². The fourth-order valence-corrected chi connectivity index (χ4v) is 2.85. The molecule has 0 bridgehead atoms. The normalized spacial score (nSPS) is 19.4. The number of hydrogen-bond acceptors (Lipinski definition) is 5. The molecule has 2 aliphatic heterocycles. The van der Waals surface area contributed by atoms with Gasteiger partial charge in [0.15, 0.2) is 11.5 Å². The Morgan fingerprint density at radius 3 is 2.20 bits per heavy atom. The van der Waals surface area contributed by atoms with Gasteiger partial charge in [-0.1, -0.05) is 0 Å². The van der Waals surface area contributed by atoms with Gasteiger partial charge in [-0.3, -0.25) is 4.90 Å². The van der Waals surface area contributed by atoms with Gasteiger partial charge in [-0.2, -0.15) is 0 Å². The van der Waals surface area contributed by atoms with Crippen molar-refractivity contribution in [1.29, 1.82) is 0 Å². The second-order valence-corrected chi connectivity index (χ2v) is 5.67. The number of nitrogen functional groups attached to an aromatic ring is 1. The van der Waals surface area contributed by atoms with Crippen LogP contribution in [0.3, 0.4) is 0 Å². The van der Waals surface area contributed by atoms with Gasteiger partial charge in [-0.15, -0.1) is 0 Å². The zero-order valence-corrected chi connectivity index (χ0v) is 12.3. The molecule has 1 saturated heterocycles. The molecule has 20 heavy (non-hydrogen) atoms. The van der Waals surface area contributed by atoms with Gasteiger partial charge in [0.2, 0.25) is 0 Å². The van der Waals surface area contributed by atoms with Gasteiger partial charge < -0.3 is 20.1 Å². The van der Waals surface area contributed by atoms with E-state index in [0.29, 0.717) is 19.3 Å². The molecule has 0 radical (unpaired) electrons.